The summed E-state index contributed by atoms with van der Waals surface area (Å²) in [7, 11) is 0. The van der Waals surface area contributed by atoms with Gasteiger partial charge in [0.2, 0.25) is 0 Å². The van der Waals surface area contributed by atoms with Crippen LogP contribution in [-0.4, -0.2) is 17.8 Å². The lowest BCUT2D eigenvalue weighted by atomic mass is 10.2. The number of halogens is 2. The zero-order chi connectivity index (χ0) is 12.4. The van der Waals surface area contributed by atoms with Gasteiger partial charge in [-0.25, -0.2) is 4.39 Å². The maximum absolute atomic E-state index is 13.0. The number of nitrogens with one attached hydrogen (secondary N) is 1. The summed E-state index contributed by atoms with van der Waals surface area (Å²) in [5, 5.41) is 3.64. The van der Waals surface area contributed by atoms with Crippen LogP contribution in [0, 0.1) is 5.82 Å². The standard InChI is InChI=1S/C12H11ClFNOS/c1-7(6-13)15-12(16)11-4-8-2-3-9(14)5-10(8)17-11/h2-5,7H,6H2,1H3,(H,15,16). The van der Waals surface area contributed by atoms with E-state index in [9.17, 15) is 9.18 Å². The molecule has 0 bridgehead atoms. The molecule has 2 nitrogen and oxygen atoms in total. The van der Waals surface area contributed by atoms with Gasteiger partial charge in [-0.2, -0.15) is 0 Å². The van der Waals surface area contributed by atoms with E-state index < -0.39 is 0 Å². The van der Waals surface area contributed by atoms with E-state index in [1.807, 2.05) is 6.92 Å². The smallest absolute Gasteiger partial charge is 0.261 e. The molecule has 0 aliphatic rings. The van der Waals surface area contributed by atoms with E-state index in [-0.39, 0.29) is 17.8 Å². The Balaban J connectivity index is 2.27. The predicted octanol–water partition coefficient (Wildman–Crippen LogP) is 3.40. The first kappa shape index (κ1) is 12.3. The molecule has 1 aromatic heterocycles. The fourth-order valence-corrected chi connectivity index (χ4v) is 2.52. The van der Waals surface area contributed by atoms with Crippen molar-refractivity contribution in [2.24, 2.45) is 0 Å². The van der Waals surface area contributed by atoms with E-state index in [1.165, 1.54) is 23.5 Å². The monoisotopic (exact) mass is 271 g/mol. The Kier molecular flexibility index (Phi) is 3.64. The Labute approximate surface area is 107 Å². The maximum atomic E-state index is 13.0. The van der Waals surface area contributed by atoms with E-state index in [2.05, 4.69) is 5.32 Å². The van der Waals surface area contributed by atoms with Crippen LogP contribution in [0.1, 0.15) is 16.6 Å². The number of amides is 1. The van der Waals surface area contributed by atoms with Crippen molar-refractivity contribution < 1.29 is 9.18 Å². The molecule has 0 aliphatic carbocycles. The molecule has 0 saturated heterocycles. The van der Waals surface area contributed by atoms with Crippen molar-refractivity contribution in [3.05, 3.63) is 35.0 Å². The lowest BCUT2D eigenvalue weighted by molar-refractivity contribution is 0.0947. The highest BCUT2D eigenvalue weighted by Gasteiger charge is 2.12. The SMILES string of the molecule is CC(CCl)NC(=O)c1cc2ccc(F)cc2s1. The van der Waals surface area contributed by atoms with Crippen molar-refractivity contribution in [2.75, 3.05) is 5.88 Å². The van der Waals surface area contributed by atoms with Crippen molar-refractivity contribution in [3.8, 4) is 0 Å². The van der Waals surface area contributed by atoms with Crippen molar-refractivity contribution >= 4 is 38.9 Å². The summed E-state index contributed by atoms with van der Waals surface area (Å²) < 4.78 is 13.8. The topological polar surface area (TPSA) is 29.1 Å². The van der Waals surface area contributed by atoms with Crippen LogP contribution < -0.4 is 5.32 Å². The second-order valence-corrected chi connectivity index (χ2v) is 5.21. The number of carbonyl (C=O) groups excluding carboxylic acids is 1. The molecule has 1 atom stereocenters. The van der Waals surface area contributed by atoms with Gasteiger partial charge in [0.05, 0.1) is 4.88 Å². The Morgan fingerprint density at radius 1 is 1.53 bits per heavy atom. The Hall–Kier alpha value is -1.13. The van der Waals surface area contributed by atoms with E-state index in [1.54, 1.807) is 12.1 Å². The lowest BCUT2D eigenvalue weighted by Gasteiger charge is -2.08. The second kappa shape index (κ2) is 5.02. The molecule has 1 N–H and O–H groups in total. The highest BCUT2D eigenvalue weighted by Crippen LogP contribution is 2.26. The van der Waals surface area contributed by atoms with Gasteiger partial charge in [-0.05, 0) is 30.5 Å². The number of hydrogen-bond donors (Lipinski definition) is 1. The molecule has 2 aromatic rings. The van der Waals surface area contributed by atoms with Crippen LogP contribution in [0.3, 0.4) is 0 Å². The van der Waals surface area contributed by atoms with Crippen LogP contribution in [0.4, 0.5) is 4.39 Å². The maximum Gasteiger partial charge on any atom is 0.261 e. The number of thiophene rings is 1. The fourth-order valence-electron chi connectivity index (χ4n) is 1.45. The fraction of sp³-hybridized carbons (Fsp3) is 0.250. The number of fused-ring (bicyclic) bond motifs is 1. The molecule has 1 amide bonds. The van der Waals surface area contributed by atoms with Gasteiger partial charge in [-0.3, -0.25) is 4.79 Å². The van der Waals surface area contributed by atoms with Crippen molar-refractivity contribution in [1.82, 2.24) is 5.32 Å². The number of carbonyl (C=O) groups is 1. The molecule has 0 spiro atoms. The quantitative estimate of drug-likeness (QED) is 0.852. The number of rotatable bonds is 3. The third kappa shape index (κ3) is 2.76. The summed E-state index contributed by atoms with van der Waals surface area (Å²) in [6, 6.07) is 6.17. The molecule has 17 heavy (non-hydrogen) atoms. The highest BCUT2D eigenvalue weighted by molar-refractivity contribution is 7.20. The Morgan fingerprint density at radius 2 is 2.29 bits per heavy atom. The number of hydrogen-bond acceptors (Lipinski definition) is 2. The zero-order valence-corrected chi connectivity index (χ0v) is 10.7. The summed E-state index contributed by atoms with van der Waals surface area (Å²) >= 11 is 6.90. The third-order valence-corrected chi connectivity index (χ3v) is 3.87. The van der Waals surface area contributed by atoms with Crippen molar-refractivity contribution in [2.45, 2.75) is 13.0 Å². The van der Waals surface area contributed by atoms with Gasteiger partial charge in [0, 0.05) is 16.6 Å². The number of benzene rings is 1. The zero-order valence-electron chi connectivity index (χ0n) is 9.17. The normalized spacial score (nSPS) is 12.6. The number of alkyl halides is 1. The molecular weight excluding hydrogens is 261 g/mol. The molecule has 0 radical (unpaired) electrons. The Bertz CT molecular complexity index is 554. The first-order valence-electron chi connectivity index (χ1n) is 5.16. The Morgan fingerprint density at radius 3 is 3.00 bits per heavy atom. The van der Waals surface area contributed by atoms with Crippen LogP contribution in [0.2, 0.25) is 0 Å². The summed E-state index contributed by atoms with van der Waals surface area (Å²) in [6.45, 7) is 1.83. The molecule has 1 unspecified atom stereocenters. The van der Waals surface area contributed by atoms with Gasteiger partial charge < -0.3 is 5.32 Å². The summed E-state index contributed by atoms with van der Waals surface area (Å²) in [5.41, 5.74) is 0. The summed E-state index contributed by atoms with van der Waals surface area (Å²) in [5.74, 6) is -0.0918. The second-order valence-electron chi connectivity index (χ2n) is 3.82. The summed E-state index contributed by atoms with van der Waals surface area (Å²) in [6.07, 6.45) is 0. The third-order valence-electron chi connectivity index (χ3n) is 2.31. The van der Waals surface area contributed by atoms with E-state index >= 15 is 0 Å². The predicted molar refractivity (Wildman–Crippen MR) is 69.4 cm³/mol. The molecule has 2 rings (SSSR count). The van der Waals surface area contributed by atoms with E-state index in [4.69, 9.17) is 11.6 Å². The molecular formula is C12H11ClFNOS. The average Bonchev–Trinajstić information content (AvgIpc) is 2.71. The van der Waals surface area contributed by atoms with Gasteiger partial charge >= 0.3 is 0 Å². The van der Waals surface area contributed by atoms with E-state index in [0.29, 0.717) is 10.8 Å². The van der Waals surface area contributed by atoms with Gasteiger partial charge in [-0.1, -0.05) is 6.07 Å². The summed E-state index contributed by atoms with van der Waals surface area (Å²) in [4.78, 5) is 12.4. The van der Waals surface area contributed by atoms with Crippen LogP contribution in [0.5, 0.6) is 0 Å². The molecule has 5 heteroatoms. The van der Waals surface area contributed by atoms with Gasteiger partial charge in [0.15, 0.2) is 0 Å². The van der Waals surface area contributed by atoms with E-state index in [0.717, 1.165) is 10.1 Å². The lowest BCUT2D eigenvalue weighted by Crippen LogP contribution is -2.33. The van der Waals surface area contributed by atoms with Crippen LogP contribution in [0.25, 0.3) is 10.1 Å². The molecule has 1 heterocycles. The van der Waals surface area contributed by atoms with Crippen molar-refractivity contribution in [3.63, 3.8) is 0 Å². The molecule has 0 fully saturated rings. The first-order chi connectivity index (χ1) is 8.10. The average molecular weight is 272 g/mol. The molecule has 0 saturated carbocycles. The largest absolute Gasteiger partial charge is 0.348 e. The minimum atomic E-state index is -0.291. The van der Waals surface area contributed by atoms with Crippen LogP contribution in [-0.2, 0) is 0 Å². The molecule has 0 aliphatic heterocycles. The van der Waals surface area contributed by atoms with Gasteiger partial charge in [0.1, 0.15) is 5.82 Å². The minimum Gasteiger partial charge on any atom is -0.348 e. The molecule has 90 valence electrons. The first-order valence-corrected chi connectivity index (χ1v) is 6.51. The van der Waals surface area contributed by atoms with Gasteiger partial charge in [0.25, 0.3) is 5.91 Å². The van der Waals surface area contributed by atoms with Gasteiger partial charge in [-0.15, -0.1) is 22.9 Å². The van der Waals surface area contributed by atoms with Crippen molar-refractivity contribution in [1.29, 1.82) is 0 Å². The van der Waals surface area contributed by atoms with Crippen LogP contribution >= 0.6 is 22.9 Å². The minimum absolute atomic E-state index is 0.0777. The van der Waals surface area contributed by atoms with Crippen LogP contribution in [0.15, 0.2) is 24.3 Å². The molecule has 1 aromatic carbocycles. The highest BCUT2D eigenvalue weighted by atomic mass is 35.5.